The summed E-state index contributed by atoms with van der Waals surface area (Å²) in [6, 6.07) is 0. The van der Waals surface area contributed by atoms with Gasteiger partial charge in [-0.2, -0.15) is 0 Å². The number of aliphatic carboxylic acids is 1. The molecule has 2 unspecified atom stereocenters. The average molecular weight is 214 g/mol. The van der Waals surface area contributed by atoms with Crippen molar-refractivity contribution in [1.82, 2.24) is 0 Å². The molecule has 0 aromatic carbocycles. The van der Waals surface area contributed by atoms with E-state index < -0.39 is 11.4 Å². The Balaban J connectivity index is 1.96. The summed E-state index contributed by atoms with van der Waals surface area (Å²) in [5, 5.41) is 9.26. The van der Waals surface area contributed by atoms with E-state index in [0.717, 1.165) is 25.9 Å². The maximum Gasteiger partial charge on any atom is 0.312 e. The molecule has 2 fully saturated rings. The van der Waals surface area contributed by atoms with Crippen LogP contribution in [0, 0.1) is 5.41 Å². The first-order valence-corrected chi connectivity index (χ1v) is 5.66. The van der Waals surface area contributed by atoms with Gasteiger partial charge >= 0.3 is 5.97 Å². The van der Waals surface area contributed by atoms with Crippen molar-refractivity contribution < 1.29 is 19.4 Å². The molecule has 2 heterocycles. The Kier molecular flexibility index (Phi) is 3.26. The number of ether oxygens (including phenoxy) is 2. The molecule has 0 amide bonds. The highest BCUT2D eigenvalue weighted by Crippen LogP contribution is 2.36. The predicted octanol–water partition coefficient (Wildman–Crippen LogP) is 1.44. The third-order valence-corrected chi connectivity index (χ3v) is 3.45. The molecule has 0 radical (unpaired) electrons. The molecule has 0 saturated carbocycles. The molecule has 2 aliphatic heterocycles. The quantitative estimate of drug-likeness (QED) is 0.772. The summed E-state index contributed by atoms with van der Waals surface area (Å²) in [6.45, 7) is 1.70. The Morgan fingerprint density at radius 1 is 1.40 bits per heavy atom. The van der Waals surface area contributed by atoms with Crippen LogP contribution in [-0.4, -0.2) is 37.0 Å². The molecule has 2 saturated heterocycles. The molecule has 4 nitrogen and oxygen atoms in total. The van der Waals surface area contributed by atoms with E-state index in [2.05, 4.69) is 0 Å². The average Bonchev–Trinajstić information content (AvgIpc) is 2.69. The van der Waals surface area contributed by atoms with Gasteiger partial charge in [0.1, 0.15) is 0 Å². The molecule has 0 aromatic heterocycles. The first-order chi connectivity index (χ1) is 7.23. The largest absolute Gasteiger partial charge is 0.481 e. The minimum atomic E-state index is -0.728. The van der Waals surface area contributed by atoms with Crippen LogP contribution < -0.4 is 0 Å². The zero-order valence-electron chi connectivity index (χ0n) is 8.91. The van der Waals surface area contributed by atoms with Crippen LogP contribution in [0.3, 0.4) is 0 Å². The highest BCUT2D eigenvalue weighted by atomic mass is 16.5. The summed E-state index contributed by atoms with van der Waals surface area (Å²) in [6.07, 6.45) is 4.62. The number of carboxylic acid groups (broad SMARTS) is 1. The highest BCUT2D eigenvalue weighted by Gasteiger charge is 2.44. The number of hydrogen-bond donors (Lipinski definition) is 1. The van der Waals surface area contributed by atoms with Crippen molar-refractivity contribution in [3.63, 3.8) is 0 Å². The SMILES string of the molecule is O=C(O)C1(CC2CCCCO2)CCOC1. The zero-order chi connectivity index (χ0) is 10.7. The first kappa shape index (κ1) is 10.9. The van der Waals surface area contributed by atoms with Gasteiger partial charge in [0, 0.05) is 13.2 Å². The standard InChI is InChI=1S/C11H18O4/c12-10(13)11(4-6-14-8-11)7-9-3-1-2-5-15-9/h9H,1-8H2,(H,12,13). The molecule has 0 aromatic rings. The fourth-order valence-electron chi connectivity index (χ4n) is 2.43. The number of carbonyl (C=O) groups is 1. The van der Waals surface area contributed by atoms with E-state index in [4.69, 9.17) is 9.47 Å². The lowest BCUT2D eigenvalue weighted by atomic mass is 9.80. The third kappa shape index (κ3) is 2.32. The van der Waals surface area contributed by atoms with Crippen LogP contribution >= 0.6 is 0 Å². The van der Waals surface area contributed by atoms with Crippen molar-refractivity contribution in [3.05, 3.63) is 0 Å². The van der Waals surface area contributed by atoms with Crippen LogP contribution in [-0.2, 0) is 14.3 Å². The summed E-state index contributed by atoms with van der Waals surface area (Å²) in [4.78, 5) is 11.3. The second-order valence-corrected chi connectivity index (χ2v) is 4.58. The van der Waals surface area contributed by atoms with Crippen LogP contribution in [0.15, 0.2) is 0 Å². The van der Waals surface area contributed by atoms with Gasteiger partial charge in [-0.05, 0) is 32.1 Å². The molecule has 2 atom stereocenters. The summed E-state index contributed by atoms with van der Waals surface area (Å²) in [5.74, 6) is -0.728. The van der Waals surface area contributed by atoms with Crippen LogP contribution in [0.5, 0.6) is 0 Å². The number of carboxylic acids is 1. The second-order valence-electron chi connectivity index (χ2n) is 4.58. The van der Waals surface area contributed by atoms with Crippen molar-refractivity contribution in [2.45, 2.75) is 38.2 Å². The van der Waals surface area contributed by atoms with Gasteiger partial charge in [0.15, 0.2) is 0 Å². The maximum atomic E-state index is 11.3. The van der Waals surface area contributed by atoms with Crippen molar-refractivity contribution in [2.75, 3.05) is 19.8 Å². The third-order valence-electron chi connectivity index (χ3n) is 3.45. The molecule has 0 bridgehead atoms. The Hall–Kier alpha value is -0.610. The molecule has 1 N–H and O–H groups in total. The van der Waals surface area contributed by atoms with Gasteiger partial charge in [0.2, 0.25) is 0 Å². The summed E-state index contributed by atoms with van der Waals surface area (Å²) in [7, 11) is 0. The van der Waals surface area contributed by atoms with E-state index in [1.54, 1.807) is 0 Å². The van der Waals surface area contributed by atoms with E-state index in [9.17, 15) is 9.90 Å². The maximum absolute atomic E-state index is 11.3. The van der Waals surface area contributed by atoms with Crippen molar-refractivity contribution in [3.8, 4) is 0 Å². The molecule has 15 heavy (non-hydrogen) atoms. The van der Waals surface area contributed by atoms with Gasteiger partial charge in [-0.25, -0.2) is 0 Å². The predicted molar refractivity (Wildman–Crippen MR) is 53.7 cm³/mol. The molecule has 2 rings (SSSR count). The smallest absolute Gasteiger partial charge is 0.312 e. The lowest BCUT2D eigenvalue weighted by Gasteiger charge is -2.30. The molecule has 2 aliphatic rings. The van der Waals surface area contributed by atoms with Crippen LogP contribution in [0.1, 0.15) is 32.1 Å². The number of rotatable bonds is 3. The summed E-state index contributed by atoms with van der Waals surface area (Å²) < 4.78 is 10.8. The normalized spacial score (nSPS) is 36.7. The lowest BCUT2D eigenvalue weighted by molar-refractivity contribution is -0.152. The lowest BCUT2D eigenvalue weighted by Crippen LogP contribution is -2.37. The van der Waals surface area contributed by atoms with Crippen LogP contribution in [0.2, 0.25) is 0 Å². The van der Waals surface area contributed by atoms with E-state index in [0.29, 0.717) is 26.1 Å². The topological polar surface area (TPSA) is 55.8 Å². The van der Waals surface area contributed by atoms with Crippen LogP contribution in [0.4, 0.5) is 0 Å². The van der Waals surface area contributed by atoms with Crippen LogP contribution in [0.25, 0.3) is 0 Å². The van der Waals surface area contributed by atoms with E-state index in [1.807, 2.05) is 0 Å². The molecule has 0 spiro atoms. The fourth-order valence-corrected chi connectivity index (χ4v) is 2.43. The summed E-state index contributed by atoms with van der Waals surface area (Å²) >= 11 is 0. The number of hydrogen-bond acceptors (Lipinski definition) is 3. The molecular weight excluding hydrogens is 196 g/mol. The van der Waals surface area contributed by atoms with Crippen molar-refractivity contribution >= 4 is 5.97 Å². The minimum absolute atomic E-state index is 0.122. The van der Waals surface area contributed by atoms with E-state index in [-0.39, 0.29) is 6.10 Å². The Morgan fingerprint density at radius 2 is 2.27 bits per heavy atom. The van der Waals surface area contributed by atoms with Gasteiger partial charge < -0.3 is 14.6 Å². The second kappa shape index (κ2) is 4.49. The molecule has 4 heteroatoms. The molecule has 86 valence electrons. The van der Waals surface area contributed by atoms with Gasteiger partial charge in [-0.15, -0.1) is 0 Å². The minimum Gasteiger partial charge on any atom is -0.481 e. The fraction of sp³-hybridized carbons (Fsp3) is 0.909. The van der Waals surface area contributed by atoms with Gasteiger partial charge in [0.25, 0.3) is 0 Å². The Labute approximate surface area is 89.6 Å². The molecule has 0 aliphatic carbocycles. The first-order valence-electron chi connectivity index (χ1n) is 5.66. The highest BCUT2D eigenvalue weighted by molar-refractivity contribution is 5.75. The zero-order valence-corrected chi connectivity index (χ0v) is 8.91. The summed E-state index contributed by atoms with van der Waals surface area (Å²) in [5.41, 5.74) is -0.679. The van der Waals surface area contributed by atoms with E-state index in [1.165, 1.54) is 0 Å². The monoisotopic (exact) mass is 214 g/mol. The Morgan fingerprint density at radius 3 is 2.80 bits per heavy atom. The Bertz CT molecular complexity index is 227. The molecular formula is C11H18O4. The van der Waals surface area contributed by atoms with Gasteiger partial charge in [-0.3, -0.25) is 4.79 Å². The van der Waals surface area contributed by atoms with Gasteiger partial charge in [-0.1, -0.05) is 0 Å². The van der Waals surface area contributed by atoms with Crippen molar-refractivity contribution in [1.29, 1.82) is 0 Å². The van der Waals surface area contributed by atoms with Crippen molar-refractivity contribution in [2.24, 2.45) is 5.41 Å². The van der Waals surface area contributed by atoms with Gasteiger partial charge in [0.05, 0.1) is 18.1 Å². The van der Waals surface area contributed by atoms with E-state index >= 15 is 0 Å².